The Balaban J connectivity index is 1.55. The first-order valence-corrected chi connectivity index (χ1v) is 34.8. The molecule has 0 saturated carbocycles. The summed E-state index contributed by atoms with van der Waals surface area (Å²) < 4.78 is 93.8. The molecule has 2 aromatic rings. The molecule has 0 aliphatic carbocycles. The van der Waals surface area contributed by atoms with Gasteiger partial charge in [0.05, 0.1) is 36.2 Å². The van der Waals surface area contributed by atoms with Crippen LogP contribution in [0, 0.1) is 23.7 Å². The van der Waals surface area contributed by atoms with Crippen molar-refractivity contribution in [2.45, 2.75) is 166 Å². The molecule has 0 spiro atoms. The van der Waals surface area contributed by atoms with Crippen LogP contribution in [0.4, 0.5) is 0 Å². The number of hydrogen-bond donors (Lipinski definition) is 2. The summed E-state index contributed by atoms with van der Waals surface area (Å²) in [7, 11) is -2.73. The summed E-state index contributed by atoms with van der Waals surface area (Å²) in [6.07, 6.45) is -7.32. The molecule has 0 aromatic heterocycles. The van der Waals surface area contributed by atoms with Crippen molar-refractivity contribution in [3.63, 3.8) is 0 Å². The summed E-state index contributed by atoms with van der Waals surface area (Å²) in [5.41, 5.74) is 0.707. The van der Waals surface area contributed by atoms with Crippen LogP contribution in [0.5, 0.6) is 0 Å². The van der Waals surface area contributed by atoms with Gasteiger partial charge in [-0.3, -0.25) is 29.0 Å². The zero-order valence-electron chi connectivity index (χ0n) is 56.1. The number of carbonyl (C=O) groups excluding carboxylic acids is 8. The predicted molar refractivity (Wildman–Crippen MR) is 340 cm³/mol. The average molecular weight is 1330 g/mol. The van der Waals surface area contributed by atoms with E-state index in [4.69, 9.17) is 28.4 Å². The summed E-state index contributed by atoms with van der Waals surface area (Å²) >= 11 is 0. The SMILES string of the molecule is CC(C)C[C@H]1C(=O)O[C@H](Cc2ccc(S(=O)(=O)NCCN3CCOCC3)cc2)C(=O)N(C)[C@@H](CC(C)C)C(=O)O[C@H](C)C(=O)N(C)[C@@H](CC(C)C)C(=O)O[C@H](Cc2ccc(S(=O)(=O)NCCN3CCOCC3)cc2)C(=O)N(C)[C@@H](CC(C)C)C(=O)O[C@H](C)C(=O)N1C. The molecule has 3 fully saturated rings. The maximum Gasteiger partial charge on any atom is 0.329 e. The number of hydrogen-bond acceptors (Lipinski definition) is 20. The molecule has 8 atom stereocenters. The minimum Gasteiger partial charge on any atom is -0.451 e. The van der Waals surface area contributed by atoms with Crippen LogP contribution in [0.1, 0.15) is 106 Å². The van der Waals surface area contributed by atoms with Crippen molar-refractivity contribution < 1.29 is 83.6 Å². The van der Waals surface area contributed by atoms with E-state index in [-0.39, 0.29) is 85.1 Å². The number of amides is 4. The van der Waals surface area contributed by atoms with E-state index in [1.165, 1.54) is 90.6 Å². The molecule has 28 heteroatoms. The molecule has 3 aliphatic heterocycles. The van der Waals surface area contributed by atoms with E-state index in [2.05, 4.69) is 19.2 Å². The fourth-order valence-corrected chi connectivity index (χ4v) is 13.1. The van der Waals surface area contributed by atoms with Crippen LogP contribution in [0.15, 0.2) is 58.3 Å². The zero-order valence-corrected chi connectivity index (χ0v) is 57.8. The van der Waals surface area contributed by atoms with Gasteiger partial charge in [0.15, 0.2) is 24.4 Å². The zero-order chi connectivity index (χ0) is 68.4. The fourth-order valence-electron chi connectivity index (χ4n) is 11.0. The fraction of sp³-hybridized carbons (Fsp3) is 0.688. The molecule has 2 N–H and O–H groups in total. The molecule has 0 unspecified atom stereocenters. The highest BCUT2D eigenvalue weighted by Gasteiger charge is 2.43. The van der Waals surface area contributed by atoms with Crippen LogP contribution >= 0.6 is 0 Å². The number of sulfonamides is 2. The lowest BCUT2D eigenvalue weighted by atomic mass is 10.00. The molecular weight excluding hydrogens is 1230 g/mol. The first kappa shape index (κ1) is 76.6. The number of nitrogens with zero attached hydrogens (tertiary/aromatic N) is 6. The summed E-state index contributed by atoms with van der Waals surface area (Å²) in [4.78, 5) is 126. The third kappa shape index (κ3) is 22.5. The second-order valence-electron chi connectivity index (χ2n) is 25.8. The number of cyclic esters (lactones) is 4. The van der Waals surface area contributed by atoms with Gasteiger partial charge in [0.1, 0.15) is 24.2 Å². The van der Waals surface area contributed by atoms with Crippen molar-refractivity contribution in [1.82, 2.24) is 38.8 Å². The molecule has 3 aliphatic rings. The standard InChI is InChI=1S/C64H100N8O18S2/c1-41(2)35-51-61(77)87-45(9)57(73)67(11)54(38-44(7)8)64(80)90-56(40-48-17-21-50(22-18-48)92(83,84)66-24-26-72-29-33-86-34-30-72)60(76)70(14)52(36-42(3)4)62(78)88-46(10)58(74)68(12)53(37-43(5)6)63(79)89-55(59(75)69(51)13)39-47-15-19-49(20-16-47)91(81,82)65-23-25-71-27-31-85-32-28-71/h15-22,41-46,51-56,65-66H,23-40H2,1-14H3/t45-,46-,51+,52+,53+,54+,55-,56-/m1/s1. The smallest absolute Gasteiger partial charge is 0.329 e. The topological polar surface area (TPSA) is 304 Å². The van der Waals surface area contributed by atoms with Crippen LogP contribution in [-0.4, -0.2) is 249 Å². The molecule has 92 heavy (non-hydrogen) atoms. The number of ether oxygens (including phenoxy) is 6. The van der Waals surface area contributed by atoms with Crippen molar-refractivity contribution >= 4 is 67.6 Å². The Bertz CT molecular complexity index is 2810. The van der Waals surface area contributed by atoms with Gasteiger partial charge in [-0.25, -0.2) is 45.5 Å². The van der Waals surface area contributed by atoms with Gasteiger partial charge in [0, 0.05) is 93.4 Å². The van der Waals surface area contributed by atoms with Gasteiger partial charge in [0.2, 0.25) is 20.0 Å². The van der Waals surface area contributed by atoms with E-state index in [0.29, 0.717) is 76.8 Å². The third-order valence-electron chi connectivity index (χ3n) is 16.4. The summed E-state index contributed by atoms with van der Waals surface area (Å²) in [6.45, 7) is 23.0. The van der Waals surface area contributed by atoms with Gasteiger partial charge in [-0.15, -0.1) is 0 Å². The van der Waals surface area contributed by atoms with Crippen molar-refractivity contribution in [1.29, 1.82) is 0 Å². The Kier molecular flexibility index (Phi) is 29.5. The monoisotopic (exact) mass is 1330 g/mol. The molecule has 4 amide bonds. The van der Waals surface area contributed by atoms with Crippen molar-refractivity contribution in [3.05, 3.63) is 59.7 Å². The van der Waals surface area contributed by atoms with E-state index in [9.17, 15) is 45.6 Å². The van der Waals surface area contributed by atoms with Gasteiger partial charge in [-0.2, -0.15) is 0 Å². The number of carbonyl (C=O) groups is 8. The van der Waals surface area contributed by atoms with Crippen LogP contribution in [0.25, 0.3) is 0 Å². The Labute approximate surface area is 544 Å². The van der Waals surface area contributed by atoms with Crippen LogP contribution in [-0.2, 0) is 99.7 Å². The second kappa shape index (κ2) is 35.4. The maximum atomic E-state index is 15.1. The van der Waals surface area contributed by atoms with E-state index in [0.717, 1.165) is 19.6 Å². The predicted octanol–water partition coefficient (Wildman–Crippen LogP) is 2.89. The number of morpholine rings is 2. The number of nitrogens with one attached hydrogen (secondary N) is 2. The molecule has 5 rings (SSSR count). The van der Waals surface area contributed by atoms with E-state index in [1.807, 2.05) is 0 Å². The molecule has 3 heterocycles. The van der Waals surface area contributed by atoms with Gasteiger partial charge >= 0.3 is 23.9 Å². The Morgan fingerprint density at radius 2 is 0.674 bits per heavy atom. The summed E-state index contributed by atoms with van der Waals surface area (Å²) in [5, 5.41) is 0. The molecule has 0 bridgehead atoms. The summed E-state index contributed by atoms with van der Waals surface area (Å²) in [5.74, 6) is -8.65. The van der Waals surface area contributed by atoms with E-state index >= 15 is 9.59 Å². The largest absolute Gasteiger partial charge is 0.451 e. The Hall–Kier alpha value is -6.14. The number of rotatable bonds is 22. The number of likely N-dealkylation sites (N-methyl/N-ethyl adjacent to an activating group) is 4. The molecule has 3 saturated heterocycles. The number of esters is 4. The Morgan fingerprint density at radius 3 is 0.946 bits per heavy atom. The highest BCUT2D eigenvalue weighted by molar-refractivity contribution is 7.89. The maximum absolute atomic E-state index is 15.1. The highest BCUT2D eigenvalue weighted by atomic mass is 32.2. The molecule has 516 valence electrons. The van der Waals surface area contributed by atoms with Gasteiger partial charge in [-0.1, -0.05) is 79.7 Å². The summed E-state index contributed by atoms with van der Waals surface area (Å²) in [6, 6.07) is 5.66. The minimum absolute atomic E-state index is 0.0115. The lowest BCUT2D eigenvalue weighted by Gasteiger charge is -2.35. The van der Waals surface area contributed by atoms with Crippen LogP contribution < -0.4 is 9.44 Å². The molecule has 2 aromatic carbocycles. The Morgan fingerprint density at radius 1 is 0.413 bits per heavy atom. The van der Waals surface area contributed by atoms with Crippen molar-refractivity contribution in [2.24, 2.45) is 23.7 Å². The van der Waals surface area contributed by atoms with Crippen molar-refractivity contribution in [3.8, 4) is 0 Å². The van der Waals surface area contributed by atoms with Gasteiger partial charge in [0.25, 0.3) is 23.6 Å². The van der Waals surface area contributed by atoms with E-state index in [1.54, 1.807) is 55.4 Å². The molecule has 26 nitrogen and oxygen atoms in total. The van der Waals surface area contributed by atoms with Gasteiger partial charge in [-0.05, 0) is 98.6 Å². The van der Waals surface area contributed by atoms with Crippen molar-refractivity contribution in [2.75, 3.05) is 107 Å². The minimum atomic E-state index is -3.99. The van der Waals surface area contributed by atoms with E-state index < -0.39 is 116 Å². The lowest BCUT2D eigenvalue weighted by molar-refractivity contribution is -0.176. The third-order valence-corrected chi connectivity index (χ3v) is 19.4. The van der Waals surface area contributed by atoms with Crippen LogP contribution in [0.3, 0.4) is 0 Å². The van der Waals surface area contributed by atoms with Gasteiger partial charge < -0.3 is 48.0 Å². The normalized spacial score (nSPS) is 24.5. The average Bonchev–Trinajstić information content (AvgIpc) is 0.910. The lowest BCUT2D eigenvalue weighted by Crippen LogP contribution is -2.55. The molecule has 0 radical (unpaired) electrons. The second-order valence-corrected chi connectivity index (χ2v) is 29.3. The first-order valence-electron chi connectivity index (χ1n) is 31.9. The molecular formula is C64H100N8O18S2. The quantitative estimate of drug-likeness (QED) is 0.126. The van der Waals surface area contributed by atoms with Crippen LogP contribution in [0.2, 0.25) is 0 Å². The first-order chi connectivity index (χ1) is 43.2. The number of benzene rings is 2. The highest BCUT2D eigenvalue weighted by Crippen LogP contribution is 2.25.